The van der Waals surface area contributed by atoms with Crippen molar-refractivity contribution in [3.63, 3.8) is 0 Å². The lowest BCUT2D eigenvalue weighted by molar-refractivity contribution is -0.139. The van der Waals surface area contributed by atoms with E-state index < -0.39 is 11.7 Å². The van der Waals surface area contributed by atoms with Gasteiger partial charge in [-0.25, -0.2) is 4.98 Å². The number of amides is 1. The van der Waals surface area contributed by atoms with E-state index in [0.717, 1.165) is 25.1 Å². The zero-order valence-corrected chi connectivity index (χ0v) is 16.6. The molecule has 154 valence electrons. The normalized spacial score (nSPS) is 22.2. The number of hydrogen-bond acceptors (Lipinski definition) is 3. The molecule has 0 aromatic carbocycles. The number of hydrogen-bond donors (Lipinski definition) is 0. The fourth-order valence-electron chi connectivity index (χ4n) is 4.24. The third kappa shape index (κ3) is 4.09. The van der Waals surface area contributed by atoms with Crippen LogP contribution in [0.1, 0.15) is 51.0 Å². The van der Waals surface area contributed by atoms with Gasteiger partial charge in [0.1, 0.15) is 5.82 Å². The van der Waals surface area contributed by atoms with E-state index in [-0.39, 0.29) is 16.8 Å². The Bertz CT molecular complexity index is 741. The highest BCUT2D eigenvalue weighted by atomic mass is 35.5. The molecule has 2 saturated carbocycles. The summed E-state index contributed by atoms with van der Waals surface area (Å²) < 4.78 is 38.4. The van der Waals surface area contributed by atoms with Crippen LogP contribution in [0.15, 0.2) is 12.3 Å². The van der Waals surface area contributed by atoms with Crippen molar-refractivity contribution in [1.82, 2.24) is 9.88 Å². The smallest absolute Gasteiger partial charge is 0.355 e. The van der Waals surface area contributed by atoms with Crippen LogP contribution < -0.4 is 4.90 Å². The summed E-state index contributed by atoms with van der Waals surface area (Å²) in [5.41, 5.74) is -0.847. The van der Waals surface area contributed by atoms with Crippen LogP contribution in [0, 0.1) is 11.8 Å². The van der Waals surface area contributed by atoms with Crippen LogP contribution in [0.25, 0.3) is 0 Å². The molecule has 1 aromatic heterocycles. The first-order valence-corrected chi connectivity index (χ1v) is 10.4. The standard InChI is InChI=1S/C20H25ClF3N3O/c1-12(13-2-3-13)27(16-4-5-16)19(28)14-6-8-26(9-7-14)18-17(21)10-15(11-25-18)20(22,23)24/h10-14,16H,2-9H2,1H3. The van der Waals surface area contributed by atoms with Crippen molar-refractivity contribution in [3.8, 4) is 0 Å². The van der Waals surface area contributed by atoms with E-state index in [1.807, 2.05) is 4.90 Å². The molecule has 2 aliphatic carbocycles. The summed E-state index contributed by atoms with van der Waals surface area (Å²) in [7, 11) is 0. The Labute approximate surface area is 168 Å². The number of alkyl halides is 3. The molecule has 0 radical (unpaired) electrons. The summed E-state index contributed by atoms with van der Waals surface area (Å²) in [6, 6.07) is 1.66. The summed E-state index contributed by atoms with van der Waals surface area (Å²) in [6.45, 7) is 3.32. The number of halogens is 4. The summed E-state index contributed by atoms with van der Waals surface area (Å²) >= 11 is 6.07. The maximum Gasteiger partial charge on any atom is 0.417 e. The second-order valence-electron chi connectivity index (χ2n) is 8.34. The largest absolute Gasteiger partial charge is 0.417 e. The Kier molecular flexibility index (Phi) is 5.23. The Balaban J connectivity index is 1.39. The van der Waals surface area contributed by atoms with Crippen LogP contribution in [-0.2, 0) is 11.0 Å². The predicted molar refractivity (Wildman–Crippen MR) is 101 cm³/mol. The lowest BCUT2D eigenvalue weighted by atomic mass is 9.94. The Hall–Kier alpha value is -1.50. The van der Waals surface area contributed by atoms with Crippen molar-refractivity contribution >= 4 is 23.3 Å². The van der Waals surface area contributed by atoms with E-state index in [2.05, 4.69) is 16.8 Å². The van der Waals surface area contributed by atoms with Crippen LogP contribution >= 0.6 is 11.6 Å². The van der Waals surface area contributed by atoms with E-state index in [0.29, 0.717) is 49.8 Å². The number of pyridine rings is 1. The van der Waals surface area contributed by atoms with Crippen LogP contribution in [0.5, 0.6) is 0 Å². The Morgan fingerprint density at radius 2 is 1.86 bits per heavy atom. The monoisotopic (exact) mass is 415 g/mol. The zero-order valence-electron chi connectivity index (χ0n) is 15.9. The first-order chi connectivity index (χ1) is 13.3. The molecule has 1 aromatic rings. The average Bonchev–Trinajstić information content (AvgIpc) is 3.54. The fourth-order valence-corrected chi connectivity index (χ4v) is 4.52. The van der Waals surface area contributed by atoms with E-state index in [1.54, 1.807) is 0 Å². The highest BCUT2D eigenvalue weighted by Gasteiger charge is 2.44. The van der Waals surface area contributed by atoms with Crippen molar-refractivity contribution in [2.45, 2.75) is 63.7 Å². The molecule has 3 aliphatic rings. The molecule has 2 heterocycles. The van der Waals surface area contributed by atoms with E-state index in [9.17, 15) is 18.0 Å². The molecule has 1 aliphatic heterocycles. The molecule has 1 saturated heterocycles. The van der Waals surface area contributed by atoms with Crippen molar-refractivity contribution in [1.29, 1.82) is 0 Å². The molecule has 4 rings (SSSR count). The van der Waals surface area contributed by atoms with E-state index >= 15 is 0 Å². The van der Waals surface area contributed by atoms with Gasteiger partial charge < -0.3 is 9.80 Å². The van der Waals surface area contributed by atoms with Gasteiger partial charge in [-0.05, 0) is 57.4 Å². The van der Waals surface area contributed by atoms with Crippen LogP contribution in [-0.4, -0.2) is 41.0 Å². The number of nitrogens with zero attached hydrogens (tertiary/aromatic N) is 3. The van der Waals surface area contributed by atoms with Crippen LogP contribution in [0.2, 0.25) is 5.02 Å². The van der Waals surface area contributed by atoms with Crippen molar-refractivity contribution in [3.05, 3.63) is 22.8 Å². The first-order valence-electron chi connectivity index (χ1n) is 10.1. The molecule has 0 spiro atoms. The zero-order chi connectivity index (χ0) is 20.1. The molecule has 0 N–H and O–H groups in total. The molecule has 1 unspecified atom stereocenters. The van der Waals surface area contributed by atoms with E-state index in [1.165, 1.54) is 12.8 Å². The predicted octanol–water partition coefficient (Wildman–Crippen LogP) is 4.76. The van der Waals surface area contributed by atoms with Gasteiger partial charge in [0.05, 0.1) is 10.6 Å². The second-order valence-corrected chi connectivity index (χ2v) is 8.75. The lowest BCUT2D eigenvalue weighted by Crippen LogP contribution is -2.47. The first kappa shape index (κ1) is 19.8. The molecular formula is C20H25ClF3N3O. The molecule has 8 heteroatoms. The van der Waals surface area contributed by atoms with Crippen molar-refractivity contribution in [2.75, 3.05) is 18.0 Å². The number of carbonyl (C=O) groups excluding carboxylic acids is 1. The number of aromatic nitrogens is 1. The third-order valence-electron chi connectivity index (χ3n) is 6.23. The second kappa shape index (κ2) is 7.39. The van der Waals surface area contributed by atoms with Crippen molar-refractivity contribution < 1.29 is 18.0 Å². The van der Waals surface area contributed by atoms with Crippen LogP contribution in [0.4, 0.5) is 19.0 Å². The van der Waals surface area contributed by atoms with Gasteiger partial charge in [0.25, 0.3) is 0 Å². The minimum Gasteiger partial charge on any atom is -0.355 e. The van der Waals surface area contributed by atoms with Gasteiger partial charge in [-0.3, -0.25) is 4.79 Å². The average molecular weight is 416 g/mol. The molecule has 28 heavy (non-hydrogen) atoms. The Morgan fingerprint density at radius 3 is 2.36 bits per heavy atom. The number of rotatable bonds is 5. The van der Waals surface area contributed by atoms with Gasteiger partial charge in [-0.1, -0.05) is 11.6 Å². The van der Waals surface area contributed by atoms with Gasteiger partial charge in [-0.2, -0.15) is 13.2 Å². The maximum atomic E-state index is 13.2. The summed E-state index contributed by atoms with van der Waals surface area (Å²) in [5, 5.41) is 0.00145. The highest BCUT2D eigenvalue weighted by molar-refractivity contribution is 6.33. The molecule has 1 amide bonds. The summed E-state index contributed by atoms with van der Waals surface area (Å²) in [4.78, 5) is 21.1. The third-order valence-corrected chi connectivity index (χ3v) is 6.51. The van der Waals surface area contributed by atoms with Gasteiger partial charge in [0.2, 0.25) is 5.91 Å². The number of piperidine rings is 1. The summed E-state index contributed by atoms with van der Waals surface area (Å²) in [6.07, 6.45) is 2.36. The van der Waals surface area contributed by atoms with Crippen molar-refractivity contribution in [2.24, 2.45) is 11.8 Å². The minimum atomic E-state index is -4.46. The Morgan fingerprint density at radius 1 is 1.21 bits per heavy atom. The number of carbonyl (C=O) groups is 1. The molecule has 0 bridgehead atoms. The molecule has 4 nitrogen and oxygen atoms in total. The van der Waals surface area contributed by atoms with Gasteiger partial charge >= 0.3 is 6.18 Å². The van der Waals surface area contributed by atoms with Gasteiger partial charge in [0.15, 0.2) is 0 Å². The molecule has 1 atom stereocenters. The fraction of sp³-hybridized carbons (Fsp3) is 0.700. The van der Waals surface area contributed by atoms with Crippen LogP contribution in [0.3, 0.4) is 0 Å². The highest BCUT2D eigenvalue weighted by Crippen LogP contribution is 2.41. The molecular weight excluding hydrogens is 391 g/mol. The quantitative estimate of drug-likeness (QED) is 0.695. The lowest BCUT2D eigenvalue weighted by Gasteiger charge is -2.37. The van der Waals surface area contributed by atoms with Gasteiger partial charge in [-0.15, -0.1) is 0 Å². The molecule has 3 fully saturated rings. The summed E-state index contributed by atoms with van der Waals surface area (Å²) in [5.74, 6) is 1.25. The van der Waals surface area contributed by atoms with E-state index in [4.69, 9.17) is 11.6 Å². The maximum absolute atomic E-state index is 13.2. The van der Waals surface area contributed by atoms with Gasteiger partial charge in [0, 0.05) is 37.3 Å². The SMILES string of the molecule is CC(C1CC1)N(C(=O)C1CCN(c2ncc(C(F)(F)F)cc2Cl)CC1)C1CC1. The minimum absolute atomic E-state index is 0.00145. The number of anilines is 1. The topological polar surface area (TPSA) is 36.4 Å².